The topological polar surface area (TPSA) is 111 Å². The fourth-order valence-electron chi connectivity index (χ4n) is 9.77. The van der Waals surface area contributed by atoms with Crippen LogP contribution in [-0.4, -0.2) is 96.3 Å². The number of aromatic nitrogens is 3. The number of rotatable bonds is 14. The largest absolute Gasteiger partial charge is 0.395 e. The Morgan fingerprint density at radius 1 is 0.700 bits per heavy atom. The van der Waals surface area contributed by atoms with Crippen LogP contribution in [0.3, 0.4) is 0 Å². The lowest BCUT2D eigenvalue weighted by molar-refractivity contribution is -0.310. The number of piperidine rings is 2. The second-order valence-electron chi connectivity index (χ2n) is 18.4. The molecule has 4 fully saturated rings. The first kappa shape index (κ1) is 39.4. The molecule has 2 aliphatic carbocycles. The summed E-state index contributed by atoms with van der Waals surface area (Å²) >= 11 is 0. The minimum Gasteiger partial charge on any atom is -0.395 e. The van der Waals surface area contributed by atoms with Gasteiger partial charge in [-0.2, -0.15) is 25.1 Å². The van der Waals surface area contributed by atoms with Crippen LogP contribution in [0.1, 0.15) is 165 Å². The van der Waals surface area contributed by atoms with Crippen LogP contribution in [0.15, 0.2) is 0 Å². The standard InChI is InChI=1S/C39H72N8O3/c1-10-11-23-45(30-27-38(6,7)47(39(8,9)28-30)50-32-20-16-13-17-21-32)35-43-33(40-22-24-48)42-34(44-35)41-29-25-36(2,3)46(37(4,5)26-29)49-31-18-14-12-15-19-31/h29-32,48H,10-28H2,1-9H3,(H2,40,41,42,43,44). The Balaban J connectivity index is 1.38. The number of aliphatic hydroxyl groups excluding tert-OH is 1. The maximum absolute atomic E-state index is 9.68. The molecular formula is C39H72N8O3. The normalized spacial score (nSPS) is 25.4. The van der Waals surface area contributed by atoms with Gasteiger partial charge < -0.3 is 20.6 Å². The molecule has 0 unspecified atom stereocenters. The number of anilines is 3. The Morgan fingerprint density at radius 2 is 1.18 bits per heavy atom. The maximum atomic E-state index is 9.68. The summed E-state index contributed by atoms with van der Waals surface area (Å²) in [6, 6.07) is 0.394. The number of nitrogens with one attached hydrogen (secondary N) is 2. The van der Waals surface area contributed by atoms with Gasteiger partial charge in [0.25, 0.3) is 0 Å². The van der Waals surface area contributed by atoms with E-state index in [4.69, 9.17) is 24.6 Å². The van der Waals surface area contributed by atoms with Gasteiger partial charge in [0.1, 0.15) is 0 Å². The van der Waals surface area contributed by atoms with Crippen molar-refractivity contribution >= 4 is 17.8 Å². The van der Waals surface area contributed by atoms with Crippen molar-refractivity contribution < 1.29 is 14.8 Å². The molecule has 3 heterocycles. The molecule has 50 heavy (non-hydrogen) atoms. The predicted molar refractivity (Wildman–Crippen MR) is 203 cm³/mol. The lowest BCUT2D eigenvalue weighted by Gasteiger charge is -2.56. The fraction of sp³-hybridized carbons (Fsp3) is 0.923. The van der Waals surface area contributed by atoms with Crippen molar-refractivity contribution in [3.8, 4) is 0 Å². The van der Waals surface area contributed by atoms with Crippen LogP contribution in [0.25, 0.3) is 0 Å². The van der Waals surface area contributed by atoms with E-state index in [2.05, 4.69) is 88.0 Å². The molecule has 5 rings (SSSR count). The van der Waals surface area contributed by atoms with E-state index in [1.165, 1.54) is 38.5 Å². The van der Waals surface area contributed by atoms with E-state index in [1.54, 1.807) is 0 Å². The molecule has 0 aromatic carbocycles. The van der Waals surface area contributed by atoms with E-state index in [-0.39, 0.29) is 40.8 Å². The third-order valence-corrected chi connectivity index (χ3v) is 11.6. The van der Waals surface area contributed by atoms with Crippen molar-refractivity contribution in [2.24, 2.45) is 0 Å². The molecule has 4 aliphatic rings. The molecule has 2 saturated heterocycles. The molecule has 11 heteroatoms. The molecule has 0 bridgehead atoms. The van der Waals surface area contributed by atoms with Gasteiger partial charge in [0.05, 0.1) is 18.8 Å². The number of unbranched alkanes of at least 4 members (excludes halogenated alkanes) is 1. The maximum Gasteiger partial charge on any atom is 0.232 e. The molecule has 0 atom stereocenters. The Morgan fingerprint density at radius 3 is 1.66 bits per heavy atom. The van der Waals surface area contributed by atoms with Gasteiger partial charge in [0, 0.05) is 47.3 Å². The van der Waals surface area contributed by atoms with Crippen LogP contribution in [0.4, 0.5) is 17.8 Å². The third-order valence-electron chi connectivity index (χ3n) is 11.6. The van der Waals surface area contributed by atoms with Gasteiger partial charge in [0.2, 0.25) is 17.8 Å². The number of hydrogen-bond donors (Lipinski definition) is 3. The SMILES string of the molecule is CCCCN(c1nc(NCCO)nc(NC2CC(C)(C)N(OC3CCCCC3)C(C)(C)C2)n1)C1CC(C)(C)N(OC2CCCCC2)C(C)(C)C1. The molecule has 286 valence electrons. The third kappa shape index (κ3) is 9.79. The highest BCUT2D eigenvalue weighted by molar-refractivity contribution is 5.45. The average Bonchev–Trinajstić information content (AvgIpc) is 3.04. The van der Waals surface area contributed by atoms with Gasteiger partial charge in [-0.25, -0.2) is 0 Å². The molecule has 11 nitrogen and oxygen atoms in total. The molecule has 2 saturated carbocycles. The van der Waals surface area contributed by atoms with Crippen molar-refractivity contribution in [1.82, 2.24) is 25.1 Å². The Bertz CT molecular complexity index is 1180. The number of hydrogen-bond acceptors (Lipinski definition) is 11. The summed E-state index contributed by atoms with van der Waals surface area (Å²) in [4.78, 5) is 31.1. The number of nitrogens with zero attached hydrogens (tertiary/aromatic N) is 6. The lowest BCUT2D eigenvalue weighted by atomic mass is 9.78. The van der Waals surface area contributed by atoms with Gasteiger partial charge in [0.15, 0.2) is 0 Å². The summed E-state index contributed by atoms with van der Waals surface area (Å²) in [7, 11) is 0. The van der Waals surface area contributed by atoms with E-state index >= 15 is 0 Å². The highest BCUT2D eigenvalue weighted by Gasteiger charge is 2.50. The summed E-state index contributed by atoms with van der Waals surface area (Å²) in [6.45, 7) is 22.1. The van der Waals surface area contributed by atoms with Crippen LogP contribution in [0.2, 0.25) is 0 Å². The summed E-state index contributed by atoms with van der Waals surface area (Å²) < 4.78 is 0. The summed E-state index contributed by atoms with van der Waals surface area (Å²) in [5.74, 6) is 1.79. The van der Waals surface area contributed by atoms with Crippen molar-refractivity contribution in [2.75, 3.05) is 35.2 Å². The Labute approximate surface area is 304 Å². The molecule has 0 radical (unpaired) electrons. The second kappa shape index (κ2) is 16.5. The molecule has 0 amide bonds. The molecule has 1 aromatic heterocycles. The zero-order valence-corrected chi connectivity index (χ0v) is 33.2. The van der Waals surface area contributed by atoms with Gasteiger partial charge in [-0.05, 0) is 113 Å². The van der Waals surface area contributed by atoms with E-state index < -0.39 is 0 Å². The fourth-order valence-corrected chi connectivity index (χ4v) is 9.77. The summed E-state index contributed by atoms with van der Waals surface area (Å²) in [5.41, 5.74) is -0.651. The van der Waals surface area contributed by atoms with Crippen molar-refractivity contribution in [2.45, 2.75) is 211 Å². The highest BCUT2D eigenvalue weighted by atomic mass is 16.7. The first-order valence-corrected chi connectivity index (χ1v) is 20.2. The first-order chi connectivity index (χ1) is 23.6. The van der Waals surface area contributed by atoms with Gasteiger partial charge in [-0.3, -0.25) is 9.68 Å². The van der Waals surface area contributed by atoms with E-state index in [1.807, 2.05) is 0 Å². The number of aliphatic hydroxyl groups is 1. The first-order valence-electron chi connectivity index (χ1n) is 20.2. The van der Waals surface area contributed by atoms with Crippen molar-refractivity contribution in [3.63, 3.8) is 0 Å². The minimum absolute atomic E-state index is 0.00694. The smallest absolute Gasteiger partial charge is 0.232 e. The van der Waals surface area contributed by atoms with Gasteiger partial charge in [-0.15, -0.1) is 0 Å². The van der Waals surface area contributed by atoms with Gasteiger partial charge >= 0.3 is 0 Å². The molecule has 2 aliphatic heterocycles. The van der Waals surface area contributed by atoms with Crippen molar-refractivity contribution in [3.05, 3.63) is 0 Å². The molecule has 1 aromatic rings. The zero-order valence-electron chi connectivity index (χ0n) is 33.2. The van der Waals surface area contributed by atoms with E-state index in [9.17, 15) is 5.11 Å². The highest BCUT2D eigenvalue weighted by Crippen LogP contribution is 2.44. The van der Waals surface area contributed by atoms with Crippen LogP contribution < -0.4 is 15.5 Å². The van der Waals surface area contributed by atoms with Crippen LogP contribution in [-0.2, 0) is 9.68 Å². The summed E-state index contributed by atoms with van der Waals surface area (Å²) in [6.07, 6.45) is 18.8. The van der Waals surface area contributed by atoms with E-state index in [0.29, 0.717) is 36.6 Å². The molecule has 0 spiro atoms. The Kier molecular flexibility index (Phi) is 13.0. The summed E-state index contributed by atoms with van der Waals surface area (Å²) in [5, 5.41) is 21.4. The zero-order chi connectivity index (χ0) is 36.2. The monoisotopic (exact) mass is 701 g/mol. The second-order valence-corrected chi connectivity index (χ2v) is 18.4. The van der Waals surface area contributed by atoms with Crippen LogP contribution >= 0.6 is 0 Å². The quantitative estimate of drug-likeness (QED) is 0.176. The van der Waals surface area contributed by atoms with E-state index in [0.717, 1.165) is 70.8 Å². The van der Waals surface area contributed by atoms with Gasteiger partial charge in [-0.1, -0.05) is 51.9 Å². The lowest BCUT2D eigenvalue weighted by Crippen LogP contribution is -2.65. The van der Waals surface area contributed by atoms with Crippen molar-refractivity contribution in [1.29, 1.82) is 0 Å². The number of hydroxylamine groups is 4. The van der Waals surface area contributed by atoms with Crippen LogP contribution in [0, 0.1) is 0 Å². The molecular weight excluding hydrogens is 628 g/mol. The average molecular weight is 701 g/mol. The van der Waals surface area contributed by atoms with Crippen LogP contribution in [0.5, 0.6) is 0 Å². The minimum atomic E-state index is -0.164. The molecule has 3 N–H and O–H groups in total. The Hall–Kier alpha value is -1.79. The predicted octanol–water partition coefficient (Wildman–Crippen LogP) is 7.87.